The van der Waals surface area contributed by atoms with Crippen molar-refractivity contribution < 1.29 is 9.53 Å². The van der Waals surface area contributed by atoms with Crippen molar-refractivity contribution in [2.45, 2.75) is 19.4 Å². The highest BCUT2D eigenvalue weighted by Crippen LogP contribution is 2.20. The number of nitrogens with zero attached hydrogens (tertiary/aromatic N) is 2. The molecule has 0 bridgehead atoms. The summed E-state index contributed by atoms with van der Waals surface area (Å²) in [5.41, 5.74) is 11.3. The Morgan fingerprint density at radius 2 is 2.06 bits per heavy atom. The van der Waals surface area contributed by atoms with Gasteiger partial charge in [-0.25, -0.2) is 4.98 Å². The number of ether oxygens (including phenoxy) is 1. The lowest BCUT2D eigenvalue weighted by molar-refractivity contribution is 0.0988. The summed E-state index contributed by atoms with van der Waals surface area (Å²) in [5, 5.41) is 0. The fourth-order valence-corrected chi connectivity index (χ4v) is 1.08. The molecule has 0 radical (unpaired) electrons. The number of nitrogen functional groups attached to an aromatic ring is 1. The number of aromatic nitrogens is 1. The van der Waals surface area contributed by atoms with Crippen molar-refractivity contribution in [2.75, 3.05) is 26.4 Å². The predicted molar refractivity (Wildman–Crippen MR) is 70.4 cm³/mol. The van der Waals surface area contributed by atoms with Gasteiger partial charge in [-0.1, -0.05) is 0 Å². The van der Waals surface area contributed by atoms with Gasteiger partial charge in [0, 0.05) is 5.54 Å². The number of rotatable bonds is 5. The largest absolute Gasteiger partial charge is 0.474 e. The molecule has 4 N–H and O–H groups in total. The third-order valence-electron chi connectivity index (χ3n) is 2.91. The molecule has 18 heavy (non-hydrogen) atoms. The average Bonchev–Trinajstić information content (AvgIpc) is 2.27. The molecule has 100 valence electrons. The second-order valence-corrected chi connectivity index (χ2v) is 4.95. The van der Waals surface area contributed by atoms with Crippen LogP contribution in [0, 0.1) is 0 Å². The minimum absolute atomic E-state index is 0.141. The third kappa shape index (κ3) is 3.33. The Kier molecular flexibility index (Phi) is 4.13. The van der Waals surface area contributed by atoms with Gasteiger partial charge in [0.1, 0.15) is 12.3 Å². The highest BCUT2D eigenvalue weighted by molar-refractivity contribution is 5.91. The Morgan fingerprint density at radius 1 is 1.44 bits per heavy atom. The smallest absolute Gasteiger partial charge is 0.267 e. The van der Waals surface area contributed by atoms with Gasteiger partial charge in [0.05, 0.1) is 5.69 Å². The number of pyridine rings is 1. The van der Waals surface area contributed by atoms with E-state index >= 15 is 0 Å². The van der Waals surface area contributed by atoms with Crippen LogP contribution in [0.15, 0.2) is 12.1 Å². The second kappa shape index (κ2) is 5.22. The molecule has 1 amide bonds. The number of anilines is 1. The lowest BCUT2D eigenvalue weighted by atomic mass is 10.1. The van der Waals surface area contributed by atoms with E-state index in [9.17, 15) is 4.79 Å². The molecule has 0 aromatic carbocycles. The normalized spacial score (nSPS) is 11.6. The minimum atomic E-state index is -0.605. The van der Waals surface area contributed by atoms with E-state index in [1.54, 1.807) is 6.07 Å². The Bertz CT molecular complexity index is 444. The van der Waals surface area contributed by atoms with Gasteiger partial charge in [-0.15, -0.1) is 0 Å². The Morgan fingerprint density at radius 3 is 2.56 bits per heavy atom. The fraction of sp³-hybridized carbons (Fsp3) is 0.500. The first kappa shape index (κ1) is 14.2. The molecule has 0 aliphatic carbocycles. The Balaban J connectivity index is 2.85. The van der Waals surface area contributed by atoms with Crippen LogP contribution in [0.3, 0.4) is 0 Å². The molecule has 0 fully saturated rings. The minimum Gasteiger partial charge on any atom is -0.474 e. The molecule has 1 aromatic heterocycles. The van der Waals surface area contributed by atoms with E-state index in [4.69, 9.17) is 16.2 Å². The predicted octanol–water partition coefficient (Wildman–Crippen LogP) is 0.482. The standard InChI is InChI=1S/C12H20N4O2/c1-12(2,16(3)4)7-18-11-8(13)5-6-9(15-11)10(14)17/h5-6H,7,13H2,1-4H3,(H2,14,17). The number of carbonyl (C=O) groups excluding carboxylic acids is 1. The van der Waals surface area contributed by atoms with Crippen molar-refractivity contribution in [3.8, 4) is 5.88 Å². The van der Waals surface area contributed by atoms with Gasteiger partial charge >= 0.3 is 0 Å². The van der Waals surface area contributed by atoms with E-state index < -0.39 is 5.91 Å². The maximum Gasteiger partial charge on any atom is 0.267 e. The van der Waals surface area contributed by atoms with Crippen LogP contribution in [0.4, 0.5) is 5.69 Å². The van der Waals surface area contributed by atoms with Crippen LogP contribution in [0.5, 0.6) is 5.88 Å². The van der Waals surface area contributed by atoms with Crippen molar-refractivity contribution in [1.29, 1.82) is 0 Å². The molecule has 1 rings (SSSR count). The number of likely N-dealkylation sites (N-methyl/N-ethyl adjacent to an activating group) is 1. The molecule has 0 atom stereocenters. The molecule has 0 unspecified atom stereocenters. The highest BCUT2D eigenvalue weighted by atomic mass is 16.5. The van der Waals surface area contributed by atoms with Crippen molar-refractivity contribution >= 4 is 11.6 Å². The quantitative estimate of drug-likeness (QED) is 0.795. The summed E-state index contributed by atoms with van der Waals surface area (Å²) in [4.78, 5) is 17.1. The Labute approximate surface area is 107 Å². The van der Waals surface area contributed by atoms with E-state index in [2.05, 4.69) is 4.98 Å². The van der Waals surface area contributed by atoms with E-state index in [0.717, 1.165) is 0 Å². The molecular formula is C12H20N4O2. The number of hydrogen-bond donors (Lipinski definition) is 2. The molecule has 0 aliphatic heterocycles. The van der Waals surface area contributed by atoms with Gasteiger partial charge in [-0.3, -0.25) is 4.79 Å². The van der Waals surface area contributed by atoms with E-state index in [1.807, 2.05) is 32.8 Å². The maximum atomic E-state index is 11.0. The molecule has 0 saturated heterocycles. The number of carbonyl (C=O) groups is 1. The van der Waals surface area contributed by atoms with Crippen LogP contribution < -0.4 is 16.2 Å². The van der Waals surface area contributed by atoms with Gasteiger partial charge in [-0.2, -0.15) is 0 Å². The van der Waals surface area contributed by atoms with Crippen LogP contribution in [-0.4, -0.2) is 42.0 Å². The maximum absolute atomic E-state index is 11.0. The average molecular weight is 252 g/mol. The summed E-state index contributed by atoms with van der Waals surface area (Å²) in [6, 6.07) is 3.03. The lowest BCUT2D eigenvalue weighted by Gasteiger charge is -2.32. The lowest BCUT2D eigenvalue weighted by Crippen LogP contribution is -2.43. The van der Waals surface area contributed by atoms with E-state index in [-0.39, 0.29) is 17.1 Å². The fourth-order valence-electron chi connectivity index (χ4n) is 1.08. The van der Waals surface area contributed by atoms with Crippen LogP contribution in [0.25, 0.3) is 0 Å². The zero-order valence-corrected chi connectivity index (χ0v) is 11.2. The van der Waals surface area contributed by atoms with Crippen LogP contribution in [0.1, 0.15) is 24.3 Å². The van der Waals surface area contributed by atoms with Crippen LogP contribution >= 0.6 is 0 Å². The first-order valence-corrected chi connectivity index (χ1v) is 5.60. The van der Waals surface area contributed by atoms with Crippen LogP contribution in [-0.2, 0) is 0 Å². The zero-order valence-electron chi connectivity index (χ0n) is 11.2. The first-order chi connectivity index (χ1) is 8.24. The SMILES string of the molecule is CN(C)C(C)(C)COc1nc(C(N)=O)ccc1N. The third-order valence-corrected chi connectivity index (χ3v) is 2.91. The van der Waals surface area contributed by atoms with Gasteiger partial charge < -0.3 is 21.1 Å². The van der Waals surface area contributed by atoms with Gasteiger partial charge in [0.25, 0.3) is 5.91 Å². The van der Waals surface area contributed by atoms with Crippen molar-refractivity contribution in [3.05, 3.63) is 17.8 Å². The van der Waals surface area contributed by atoms with Crippen molar-refractivity contribution in [3.63, 3.8) is 0 Å². The van der Waals surface area contributed by atoms with Crippen molar-refractivity contribution in [1.82, 2.24) is 9.88 Å². The number of primary amides is 1. The van der Waals surface area contributed by atoms with Gasteiger partial charge in [-0.05, 0) is 40.1 Å². The summed E-state index contributed by atoms with van der Waals surface area (Å²) in [5.74, 6) is -0.368. The number of hydrogen-bond acceptors (Lipinski definition) is 5. The summed E-state index contributed by atoms with van der Waals surface area (Å²) in [6.45, 7) is 4.46. The molecule has 6 heteroatoms. The number of nitrogens with two attached hydrogens (primary N) is 2. The molecule has 0 spiro atoms. The topological polar surface area (TPSA) is 94.5 Å². The van der Waals surface area contributed by atoms with Crippen molar-refractivity contribution in [2.24, 2.45) is 5.73 Å². The summed E-state index contributed by atoms with van der Waals surface area (Å²) < 4.78 is 5.57. The van der Waals surface area contributed by atoms with Gasteiger partial charge in [0.2, 0.25) is 5.88 Å². The number of amides is 1. The highest BCUT2D eigenvalue weighted by Gasteiger charge is 2.22. The second-order valence-electron chi connectivity index (χ2n) is 4.95. The Hall–Kier alpha value is -1.82. The van der Waals surface area contributed by atoms with E-state index in [1.165, 1.54) is 6.07 Å². The van der Waals surface area contributed by atoms with Gasteiger partial charge in [0.15, 0.2) is 0 Å². The molecule has 0 aliphatic rings. The molecule has 6 nitrogen and oxygen atoms in total. The summed E-state index contributed by atoms with van der Waals surface area (Å²) in [7, 11) is 3.92. The molecule has 1 heterocycles. The molecular weight excluding hydrogens is 232 g/mol. The summed E-state index contributed by atoms with van der Waals surface area (Å²) >= 11 is 0. The first-order valence-electron chi connectivity index (χ1n) is 5.60. The van der Waals surface area contributed by atoms with E-state index in [0.29, 0.717) is 12.3 Å². The van der Waals surface area contributed by atoms with Crippen LogP contribution in [0.2, 0.25) is 0 Å². The monoisotopic (exact) mass is 252 g/mol. The summed E-state index contributed by atoms with van der Waals surface area (Å²) in [6.07, 6.45) is 0. The molecule has 1 aromatic rings. The zero-order chi connectivity index (χ0) is 13.9. The molecule has 0 saturated carbocycles.